The van der Waals surface area contributed by atoms with Gasteiger partial charge in [-0.2, -0.15) is 0 Å². The summed E-state index contributed by atoms with van der Waals surface area (Å²) < 4.78 is 1.56. The van der Waals surface area contributed by atoms with E-state index in [9.17, 15) is 0 Å². The van der Waals surface area contributed by atoms with Crippen LogP contribution in [0.5, 0.6) is 0 Å². The molecule has 0 saturated carbocycles. The zero-order valence-corrected chi connectivity index (χ0v) is 7.23. The third-order valence-corrected chi connectivity index (χ3v) is 3.35. The fraction of sp³-hybridized carbons (Fsp3) is 0.250. The minimum absolute atomic E-state index is 0.588. The van der Waals surface area contributed by atoms with Gasteiger partial charge < -0.3 is 0 Å². The molecule has 0 spiro atoms. The van der Waals surface area contributed by atoms with Crippen molar-refractivity contribution in [2.75, 3.05) is 0 Å². The summed E-state index contributed by atoms with van der Waals surface area (Å²) in [6.07, 6.45) is 0. The average Bonchev–Trinajstić information content (AvgIpc) is 1.90. The molecule has 1 rings (SSSR count). The van der Waals surface area contributed by atoms with Crippen LogP contribution in [0.3, 0.4) is 0 Å². The van der Waals surface area contributed by atoms with Gasteiger partial charge in [-0.1, -0.05) is 0 Å². The summed E-state index contributed by atoms with van der Waals surface area (Å²) in [6, 6.07) is 10.7. The van der Waals surface area contributed by atoms with Crippen LogP contribution in [-0.2, 0) is 15.2 Å². The van der Waals surface area contributed by atoms with Gasteiger partial charge in [-0.3, -0.25) is 0 Å². The van der Waals surface area contributed by atoms with Crippen molar-refractivity contribution < 1.29 is 15.2 Å². The van der Waals surface area contributed by atoms with Crippen molar-refractivity contribution in [1.29, 1.82) is 0 Å². The van der Waals surface area contributed by atoms with Gasteiger partial charge in [0.25, 0.3) is 0 Å². The van der Waals surface area contributed by atoms with E-state index in [0.717, 1.165) is 0 Å². The van der Waals surface area contributed by atoms with Crippen LogP contribution in [0.15, 0.2) is 30.3 Å². The Bertz CT molecular complexity index is 167. The van der Waals surface area contributed by atoms with Gasteiger partial charge in [0.15, 0.2) is 0 Å². The summed E-state index contributed by atoms with van der Waals surface area (Å²) in [4.78, 5) is 0. The fourth-order valence-electron chi connectivity index (χ4n) is 0.726. The molecule has 1 heteroatoms. The van der Waals surface area contributed by atoms with Crippen LogP contribution in [0.2, 0.25) is 11.3 Å². The van der Waals surface area contributed by atoms with Crippen molar-refractivity contribution >= 4 is 4.28 Å². The topological polar surface area (TPSA) is 0 Å². The second kappa shape index (κ2) is 3.10. The van der Waals surface area contributed by atoms with Gasteiger partial charge in [-0.05, 0) is 0 Å². The molecule has 9 heavy (non-hydrogen) atoms. The standard InChI is InChI=1S/C6H5.2CH3.V/c1-2-4-6-5-3-1;;;/h1-5H;2*1H3;. The van der Waals surface area contributed by atoms with E-state index in [1.54, 1.807) is 4.28 Å². The van der Waals surface area contributed by atoms with Gasteiger partial charge in [0.05, 0.1) is 0 Å². The monoisotopic (exact) mass is 158 g/mol. The molecule has 0 aliphatic carbocycles. The third-order valence-electron chi connectivity index (χ3n) is 1.27. The van der Waals surface area contributed by atoms with E-state index in [4.69, 9.17) is 0 Å². The maximum absolute atomic E-state index is 2.35. The molecule has 48 valence electrons. The predicted molar refractivity (Wildman–Crippen MR) is 37.8 cm³/mol. The molecular weight excluding hydrogens is 147 g/mol. The minimum atomic E-state index is -0.588. The Morgan fingerprint density at radius 2 is 1.56 bits per heavy atom. The maximum atomic E-state index is 2.35. The zero-order valence-electron chi connectivity index (χ0n) is 5.83. The Morgan fingerprint density at radius 3 is 1.89 bits per heavy atom. The van der Waals surface area contributed by atoms with Gasteiger partial charge >= 0.3 is 61.0 Å². The van der Waals surface area contributed by atoms with Gasteiger partial charge in [-0.25, -0.2) is 0 Å². The number of benzene rings is 1. The van der Waals surface area contributed by atoms with Crippen molar-refractivity contribution in [2.45, 2.75) is 11.3 Å². The van der Waals surface area contributed by atoms with E-state index in [1.165, 1.54) is 0 Å². The molecule has 0 aromatic heterocycles. The molecule has 0 N–H and O–H groups in total. The van der Waals surface area contributed by atoms with Gasteiger partial charge in [0.2, 0.25) is 0 Å². The third kappa shape index (κ3) is 1.89. The van der Waals surface area contributed by atoms with Crippen molar-refractivity contribution in [3.05, 3.63) is 30.3 Å². The molecule has 0 saturated heterocycles. The SMILES string of the molecule is [CH3][V]([CH3])[c]1ccccc1. The summed E-state index contributed by atoms with van der Waals surface area (Å²) in [5, 5.41) is 0. The van der Waals surface area contributed by atoms with E-state index in [0.29, 0.717) is 0 Å². The van der Waals surface area contributed by atoms with E-state index in [1.807, 2.05) is 0 Å². The zero-order chi connectivity index (χ0) is 6.69. The summed E-state index contributed by atoms with van der Waals surface area (Å²) in [6.45, 7) is 0. The van der Waals surface area contributed by atoms with Crippen molar-refractivity contribution in [3.63, 3.8) is 0 Å². The molecule has 0 amide bonds. The summed E-state index contributed by atoms with van der Waals surface area (Å²) in [5.41, 5.74) is 4.70. The molecule has 0 aliphatic heterocycles. The molecule has 1 aromatic rings. The first kappa shape index (κ1) is 6.92. The number of rotatable bonds is 1. The van der Waals surface area contributed by atoms with Crippen molar-refractivity contribution in [3.8, 4) is 0 Å². The summed E-state index contributed by atoms with van der Waals surface area (Å²) in [7, 11) is 0. The summed E-state index contributed by atoms with van der Waals surface area (Å²) in [5.74, 6) is 0. The molecule has 0 heterocycles. The normalized spacial score (nSPS) is 10.1. The molecule has 1 aromatic carbocycles. The second-order valence-corrected chi connectivity index (χ2v) is 5.83. The van der Waals surface area contributed by atoms with E-state index < -0.39 is 15.2 Å². The van der Waals surface area contributed by atoms with Crippen LogP contribution in [0, 0.1) is 0 Å². The molecule has 0 bridgehead atoms. The Hall–Kier alpha value is -0.196. The Kier molecular flexibility index (Phi) is 2.38. The second-order valence-electron chi connectivity index (χ2n) is 2.23. The first-order valence-electron chi connectivity index (χ1n) is 3.03. The first-order valence-corrected chi connectivity index (χ1v) is 6.52. The molecule has 0 radical (unpaired) electrons. The Labute approximate surface area is 61.4 Å². The van der Waals surface area contributed by atoms with Crippen LogP contribution in [0.25, 0.3) is 0 Å². The van der Waals surface area contributed by atoms with Crippen LogP contribution in [-0.4, -0.2) is 0 Å². The van der Waals surface area contributed by atoms with Crippen molar-refractivity contribution in [2.24, 2.45) is 0 Å². The average molecular weight is 158 g/mol. The summed E-state index contributed by atoms with van der Waals surface area (Å²) >= 11 is -0.588. The molecular formula is C8H11V. The number of hydrogen-bond donors (Lipinski definition) is 0. The predicted octanol–water partition coefficient (Wildman–Crippen LogP) is 2.03. The molecule has 0 atom stereocenters. The van der Waals surface area contributed by atoms with Crippen LogP contribution in [0.4, 0.5) is 0 Å². The van der Waals surface area contributed by atoms with E-state index >= 15 is 0 Å². The van der Waals surface area contributed by atoms with Crippen LogP contribution >= 0.6 is 0 Å². The van der Waals surface area contributed by atoms with Crippen molar-refractivity contribution in [1.82, 2.24) is 0 Å². The molecule has 0 fully saturated rings. The Morgan fingerprint density at radius 1 is 1.00 bits per heavy atom. The molecule has 0 aliphatic rings. The Balaban J connectivity index is 2.85. The van der Waals surface area contributed by atoms with E-state index in [2.05, 4.69) is 41.6 Å². The number of hydrogen-bond acceptors (Lipinski definition) is 0. The fourth-order valence-corrected chi connectivity index (χ4v) is 1.93. The van der Waals surface area contributed by atoms with Crippen LogP contribution in [0.1, 0.15) is 0 Å². The van der Waals surface area contributed by atoms with Crippen LogP contribution < -0.4 is 4.28 Å². The van der Waals surface area contributed by atoms with Gasteiger partial charge in [-0.15, -0.1) is 0 Å². The first-order chi connectivity index (χ1) is 4.30. The van der Waals surface area contributed by atoms with E-state index in [-0.39, 0.29) is 0 Å². The quantitative estimate of drug-likeness (QED) is 0.586. The van der Waals surface area contributed by atoms with Gasteiger partial charge in [0.1, 0.15) is 0 Å². The molecule has 0 unspecified atom stereocenters. The van der Waals surface area contributed by atoms with Gasteiger partial charge in [0, 0.05) is 0 Å². The molecule has 0 nitrogen and oxygen atoms in total.